The molecular weight excluding hydrogens is 172 g/mol. The zero-order valence-corrected chi connectivity index (χ0v) is 8.15. The minimum atomic E-state index is 0.102. The second-order valence-electron chi connectivity index (χ2n) is 2.92. The van der Waals surface area contributed by atoms with Crippen LogP contribution in [0.3, 0.4) is 0 Å². The van der Waals surface area contributed by atoms with Crippen molar-refractivity contribution in [2.24, 2.45) is 0 Å². The molecule has 0 atom stereocenters. The van der Waals surface area contributed by atoms with Crippen LogP contribution in [-0.4, -0.2) is 62.9 Å². The zero-order chi connectivity index (χ0) is 9.68. The fourth-order valence-electron chi connectivity index (χ4n) is 1.28. The Labute approximate surface area is 78.2 Å². The van der Waals surface area contributed by atoms with E-state index in [0.717, 1.165) is 13.1 Å². The third kappa shape index (κ3) is 2.95. The molecule has 1 rings (SSSR count). The van der Waals surface area contributed by atoms with Gasteiger partial charge in [-0.15, -0.1) is 0 Å². The molecular formula is C8H16N2O3. The second kappa shape index (κ2) is 5.16. The van der Waals surface area contributed by atoms with E-state index in [1.165, 1.54) is 0 Å². The summed E-state index contributed by atoms with van der Waals surface area (Å²) in [4.78, 5) is 18.2. The number of ether oxygens (including phenoxy) is 1. The van der Waals surface area contributed by atoms with Crippen LogP contribution in [0.15, 0.2) is 0 Å². The molecule has 0 radical (unpaired) electrons. The van der Waals surface area contributed by atoms with E-state index < -0.39 is 0 Å². The number of methoxy groups -OCH3 is 1. The Kier molecular flexibility index (Phi) is 4.14. The van der Waals surface area contributed by atoms with Gasteiger partial charge in [0.05, 0.1) is 13.7 Å². The third-order valence-corrected chi connectivity index (χ3v) is 2.11. The number of carbonyl (C=O) groups excluding carboxylic acids is 1. The van der Waals surface area contributed by atoms with Gasteiger partial charge in [-0.2, -0.15) is 5.06 Å². The molecule has 5 nitrogen and oxygen atoms in total. The number of hydrogen-bond acceptors (Lipinski definition) is 4. The van der Waals surface area contributed by atoms with Gasteiger partial charge in [-0.05, 0) is 0 Å². The number of amides is 1. The third-order valence-electron chi connectivity index (χ3n) is 2.11. The molecule has 0 bridgehead atoms. The van der Waals surface area contributed by atoms with Gasteiger partial charge in [0.25, 0.3) is 0 Å². The number of piperazine rings is 1. The molecule has 1 aliphatic heterocycles. The van der Waals surface area contributed by atoms with Crippen LogP contribution in [0.1, 0.15) is 0 Å². The molecule has 1 fully saturated rings. The highest BCUT2D eigenvalue weighted by molar-refractivity contribution is 5.78. The van der Waals surface area contributed by atoms with Crippen LogP contribution < -0.4 is 0 Å². The van der Waals surface area contributed by atoms with Crippen LogP contribution in [-0.2, 0) is 14.4 Å². The second-order valence-corrected chi connectivity index (χ2v) is 2.92. The van der Waals surface area contributed by atoms with Gasteiger partial charge in [-0.1, -0.05) is 0 Å². The topological polar surface area (TPSA) is 42.0 Å². The highest BCUT2D eigenvalue weighted by Gasteiger charge is 2.22. The predicted molar refractivity (Wildman–Crippen MR) is 47.0 cm³/mol. The summed E-state index contributed by atoms with van der Waals surface area (Å²) in [5.41, 5.74) is 0. The lowest BCUT2D eigenvalue weighted by Gasteiger charge is -2.32. The molecule has 0 spiro atoms. The predicted octanol–water partition coefficient (Wildman–Crippen LogP) is -0.662. The Morgan fingerprint density at radius 3 is 2.69 bits per heavy atom. The summed E-state index contributed by atoms with van der Waals surface area (Å²) in [7, 11) is 3.22. The summed E-state index contributed by atoms with van der Waals surface area (Å²) in [6, 6.07) is 0. The Hall–Kier alpha value is -0.650. The van der Waals surface area contributed by atoms with Gasteiger partial charge < -0.3 is 14.5 Å². The van der Waals surface area contributed by atoms with Crippen molar-refractivity contribution in [2.75, 3.05) is 47.0 Å². The maximum Gasteiger partial charge on any atom is 0.239 e. The lowest BCUT2D eigenvalue weighted by atomic mass is 10.3. The molecule has 0 unspecified atom stereocenters. The molecule has 1 heterocycles. The van der Waals surface area contributed by atoms with Crippen molar-refractivity contribution in [3.63, 3.8) is 0 Å². The van der Waals surface area contributed by atoms with Crippen molar-refractivity contribution in [3.8, 4) is 0 Å². The van der Waals surface area contributed by atoms with Crippen LogP contribution in [0.2, 0.25) is 0 Å². The summed E-state index contributed by atoms with van der Waals surface area (Å²) in [5, 5.41) is 1.66. The van der Waals surface area contributed by atoms with Crippen LogP contribution in [0.25, 0.3) is 0 Å². The highest BCUT2D eigenvalue weighted by atomic mass is 16.7. The molecule has 1 aliphatic rings. The number of hydroxylamine groups is 2. The number of carbonyl (C=O) groups is 1. The molecule has 0 aromatic rings. The van der Waals surface area contributed by atoms with Gasteiger partial charge in [0, 0.05) is 26.7 Å². The standard InChI is InChI=1S/C8H16N2O3/c1-12-6-5-9-3-4-10(13-2)7-8(9)11/h3-7H2,1-2H3. The van der Waals surface area contributed by atoms with Crippen molar-refractivity contribution in [3.05, 3.63) is 0 Å². The first-order chi connectivity index (χ1) is 6.27. The Balaban J connectivity index is 2.31. The molecule has 76 valence electrons. The molecule has 1 amide bonds. The van der Waals surface area contributed by atoms with Crippen molar-refractivity contribution in [1.82, 2.24) is 9.96 Å². The summed E-state index contributed by atoms with van der Waals surface area (Å²) >= 11 is 0. The Morgan fingerprint density at radius 2 is 2.15 bits per heavy atom. The molecule has 0 saturated carbocycles. The highest BCUT2D eigenvalue weighted by Crippen LogP contribution is 2.02. The van der Waals surface area contributed by atoms with Gasteiger partial charge >= 0.3 is 0 Å². The van der Waals surface area contributed by atoms with E-state index in [4.69, 9.17) is 9.57 Å². The summed E-state index contributed by atoms with van der Waals surface area (Å²) < 4.78 is 4.91. The van der Waals surface area contributed by atoms with Crippen molar-refractivity contribution < 1.29 is 14.4 Å². The first-order valence-electron chi connectivity index (χ1n) is 4.33. The van der Waals surface area contributed by atoms with E-state index in [9.17, 15) is 4.79 Å². The fourth-order valence-corrected chi connectivity index (χ4v) is 1.28. The molecule has 0 aromatic carbocycles. The quantitative estimate of drug-likeness (QED) is 0.587. The Morgan fingerprint density at radius 1 is 1.38 bits per heavy atom. The monoisotopic (exact) mass is 188 g/mol. The number of rotatable bonds is 4. The minimum Gasteiger partial charge on any atom is -0.383 e. The smallest absolute Gasteiger partial charge is 0.239 e. The van der Waals surface area contributed by atoms with E-state index >= 15 is 0 Å². The van der Waals surface area contributed by atoms with E-state index in [1.807, 2.05) is 0 Å². The average molecular weight is 188 g/mol. The van der Waals surface area contributed by atoms with Gasteiger partial charge in [0.2, 0.25) is 5.91 Å². The number of nitrogens with zero attached hydrogens (tertiary/aromatic N) is 2. The molecule has 0 aromatic heterocycles. The maximum absolute atomic E-state index is 11.4. The number of hydrogen-bond donors (Lipinski definition) is 0. The zero-order valence-electron chi connectivity index (χ0n) is 8.15. The molecule has 13 heavy (non-hydrogen) atoms. The van der Waals surface area contributed by atoms with E-state index in [0.29, 0.717) is 19.7 Å². The van der Waals surface area contributed by atoms with Crippen LogP contribution in [0.4, 0.5) is 0 Å². The first kappa shape index (κ1) is 10.4. The lowest BCUT2D eigenvalue weighted by molar-refractivity contribution is -0.173. The van der Waals surface area contributed by atoms with Crippen LogP contribution in [0, 0.1) is 0 Å². The fraction of sp³-hybridized carbons (Fsp3) is 0.875. The molecule has 0 N–H and O–H groups in total. The molecule has 1 saturated heterocycles. The van der Waals surface area contributed by atoms with Gasteiger partial charge in [-0.3, -0.25) is 4.79 Å². The van der Waals surface area contributed by atoms with E-state index in [-0.39, 0.29) is 5.91 Å². The SMILES string of the molecule is COCCN1CCN(OC)CC1=O. The van der Waals surface area contributed by atoms with Gasteiger partial charge in [-0.25, -0.2) is 0 Å². The van der Waals surface area contributed by atoms with Gasteiger partial charge in [0.15, 0.2) is 0 Å². The van der Waals surface area contributed by atoms with Gasteiger partial charge in [0.1, 0.15) is 6.54 Å². The van der Waals surface area contributed by atoms with Crippen molar-refractivity contribution in [1.29, 1.82) is 0 Å². The summed E-state index contributed by atoms with van der Waals surface area (Å²) in [5.74, 6) is 0.102. The minimum absolute atomic E-state index is 0.102. The first-order valence-corrected chi connectivity index (χ1v) is 4.33. The van der Waals surface area contributed by atoms with E-state index in [1.54, 1.807) is 24.2 Å². The normalized spacial score (nSPS) is 19.5. The lowest BCUT2D eigenvalue weighted by Crippen LogP contribution is -2.50. The molecule has 0 aliphatic carbocycles. The summed E-state index contributed by atoms with van der Waals surface area (Å²) in [6.45, 7) is 3.10. The van der Waals surface area contributed by atoms with Crippen molar-refractivity contribution >= 4 is 5.91 Å². The van der Waals surface area contributed by atoms with Crippen LogP contribution >= 0.6 is 0 Å². The van der Waals surface area contributed by atoms with E-state index in [2.05, 4.69) is 0 Å². The average Bonchev–Trinajstić information content (AvgIpc) is 2.16. The summed E-state index contributed by atoms with van der Waals surface area (Å²) in [6.07, 6.45) is 0. The maximum atomic E-state index is 11.4. The largest absolute Gasteiger partial charge is 0.383 e. The Bertz CT molecular complexity index is 175. The molecule has 5 heteroatoms. The van der Waals surface area contributed by atoms with Crippen LogP contribution in [0.5, 0.6) is 0 Å². The van der Waals surface area contributed by atoms with Crippen molar-refractivity contribution in [2.45, 2.75) is 0 Å².